The van der Waals surface area contributed by atoms with Crippen LogP contribution in [0, 0.1) is 0 Å². The van der Waals surface area contributed by atoms with E-state index in [-0.39, 0.29) is 12.0 Å². The Kier molecular flexibility index (Phi) is 5.40. The number of carbonyl (C=O) groups excluding carboxylic acids is 1. The Labute approximate surface area is 125 Å². The summed E-state index contributed by atoms with van der Waals surface area (Å²) in [6.07, 6.45) is 1.19. The van der Waals surface area contributed by atoms with Crippen LogP contribution in [-0.2, 0) is 16.1 Å². The predicted octanol–water partition coefficient (Wildman–Crippen LogP) is 2.07. The molecule has 1 aromatic rings. The SMILES string of the molecule is CO[C@H]1CN[C@H](CN(Cc2cccc(Cl)c2)C(C)=O)C1. The van der Waals surface area contributed by atoms with E-state index in [1.54, 1.807) is 14.0 Å². The largest absolute Gasteiger partial charge is 0.380 e. The van der Waals surface area contributed by atoms with Crippen LogP contribution in [0.3, 0.4) is 0 Å². The van der Waals surface area contributed by atoms with Crippen LogP contribution < -0.4 is 5.32 Å². The quantitative estimate of drug-likeness (QED) is 0.904. The van der Waals surface area contributed by atoms with Crippen LogP contribution in [0.1, 0.15) is 18.9 Å². The van der Waals surface area contributed by atoms with Gasteiger partial charge in [0, 0.05) is 44.7 Å². The first-order valence-corrected chi connectivity index (χ1v) is 7.22. The molecule has 1 fully saturated rings. The smallest absolute Gasteiger partial charge is 0.219 e. The minimum atomic E-state index is 0.0765. The van der Waals surface area contributed by atoms with Crippen molar-refractivity contribution in [1.29, 1.82) is 0 Å². The fourth-order valence-electron chi connectivity index (χ4n) is 2.53. The van der Waals surface area contributed by atoms with Gasteiger partial charge in [-0.1, -0.05) is 23.7 Å². The number of nitrogens with zero attached hydrogens (tertiary/aromatic N) is 1. The van der Waals surface area contributed by atoms with Crippen LogP contribution in [-0.4, -0.2) is 43.2 Å². The summed E-state index contributed by atoms with van der Waals surface area (Å²) in [5, 5.41) is 4.09. The molecule has 1 aromatic carbocycles. The molecule has 1 saturated heterocycles. The molecule has 1 aliphatic rings. The van der Waals surface area contributed by atoms with Gasteiger partial charge in [-0.2, -0.15) is 0 Å². The second-order valence-electron chi connectivity index (χ2n) is 5.23. The number of amides is 1. The number of carbonyl (C=O) groups is 1. The Hall–Kier alpha value is -1.10. The normalized spacial score (nSPS) is 21.9. The van der Waals surface area contributed by atoms with E-state index in [2.05, 4.69) is 5.32 Å². The molecule has 20 heavy (non-hydrogen) atoms. The second-order valence-corrected chi connectivity index (χ2v) is 5.66. The lowest BCUT2D eigenvalue weighted by molar-refractivity contribution is -0.129. The summed E-state index contributed by atoms with van der Waals surface area (Å²) in [4.78, 5) is 13.7. The van der Waals surface area contributed by atoms with Gasteiger partial charge in [0.2, 0.25) is 5.91 Å². The van der Waals surface area contributed by atoms with Gasteiger partial charge in [-0.25, -0.2) is 0 Å². The van der Waals surface area contributed by atoms with E-state index in [0.29, 0.717) is 24.2 Å². The maximum absolute atomic E-state index is 11.8. The molecular formula is C15H21ClN2O2. The molecule has 0 aromatic heterocycles. The number of hydrogen-bond donors (Lipinski definition) is 1. The molecule has 1 N–H and O–H groups in total. The first kappa shape index (κ1) is 15.3. The third-order valence-electron chi connectivity index (χ3n) is 3.66. The second kappa shape index (κ2) is 7.07. The lowest BCUT2D eigenvalue weighted by Crippen LogP contribution is -2.39. The van der Waals surface area contributed by atoms with Crippen LogP contribution in [0.2, 0.25) is 5.02 Å². The van der Waals surface area contributed by atoms with E-state index in [4.69, 9.17) is 16.3 Å². The molecule has 4 nitrogen and oxygen atoms in total. The minimum Gasteiger partial charge on any atom is -0.380 e. The van der Waals surface area contributed by atoms with E-state index in [9.17, 15) is 4.79 Å². The number of rotatable bonds is 5. The van der Waals surface area contributed by atoms with E-state index in [1.165, 1.54) is 0 Å². The van der Waals surface area contributed by atoms with Crippen molar-refractivity contribution in [2.45, 2.75) is 32.0 Å². The summed E-state index contributed by atoms with van der Waals surface area (Å²) in [5.41, 5.74) is 1.05. The highest BCUT2D eigenvalue weighted by molar-refractivity contribution is 6.30. The molecule has 0 aliphatic carbocycles. The van der Waals surface area contributed by atoms with Crippen molar-refractivity contribution in [3.8, 4) is 0 Å². The lowest BCUT2D eigenvalue weighted by atomic mass is 10.1. The number of nitrogens with one attached hydrogen (secondary N) is 1. The molecule has 1 aliphatic heterocycles. The Morgan fingerprint density at radius 1 is 1.55 bits per heavy atom. The predicted molar refractivity (Wildman–Crippen MR) is 79.7 cm³/mol. The third kappa shape index (κ3) is 4.20. The molecule has 110 valence electrons. The van der Waals surface area contributed by atoms with Gasteiger partial charge in [0.1, 0.15) is 0 Å². The zero-order chi connectivity index (χ0) is 14.5. The van der Waals surface area contributed by atoms with Crippen molar-refractivity contribution in [3.63, 3.8) is 0 Å². The van der Waals surface area contributed by atoms with Gasteiger partial charge in [-0.15, -0.1) is 0 Å². The summed E-state index contributed by atoms with van der Waals surface area (Å²) in [7, 11) is 1.73. The maximum atomic E-state index is 11.8. The Balaban J connectivity index is 1.96. The summed E-state index contributed by atoms with van der Waals surface area (Å²) in [6.45, 7) is 3.74. The van der Waals surface area contributed by atoms with E-state index >= 15 is 0 Å². The topological polar surface area (TPSA) is 41.6 Å². The Morgan fingerprint density at radius 3 is 2.95 bits per heavy atom. The van der Waals surface area contributed by atoms with Crippen molar-refractivity contribution in [2.24, 2.45) is 0 Å². The van der Waals surface area contributed by atoms with Crippen LogP contribution in [0.4, 0.5) is 0 Å². The molecule has 0 spiro atoms. The van der Waals surface area contributed by atoms with Gasteiger partial charge in [0.15, 0.2) is 0 Å². The molecule has 5 heteroatoms. The zero-order valence-corrected chi connectivity index (χ0v) is 12.7. The van der Waals surface area contributed by atoms with Crippen LogP contribution >= 0.6 is 11.6 Å². The first-order chi connectivity index (χ1) is 9.58. The standard InChI is InChI=1S/C15H21ClN2O2/c1-11(19)18(9-12-4-3-5-13(16)6-12)10-14-7-15(20-2)8-17-14/h3-6,14-15,17H,7-10H2,1-2H3/t14-,15+/m0/s1. The molecule has 0 radical (unpaired) electrons. The molecule has 2 rings (SSSR count). The Bertz CT molecular complexity index is 467. The lowest BCUT2D eigenvalue weighted by Gasteiger charge is -2.25. The molecule has 0 bridgehead atoms. The Morgan fingerprint density at radius 2 is 2.35 bits per heavy atom. The average molecular weight is 297 g/mol. The van der Waals surface area contributed by atoms with Gasteiger partial charge in [-0.3, -0.25) is 4.79 Å². The van der Waals surface area contributed by atoms with Gasteiger partial charge >= 0.3 is 0 Å². The molecule has 2 atom stereocenters. The van der Waals surface area contributed by atoms with E-state index < -0.39 is 0 Å². The van der Waals surface area contributed by atoms with Gasteiger partial charge < -0.3 is 15.0 Å². The molecule has 0 unspecified atom stereocenters. The van der Waals surface area contributed by atoms with E-state index in [0.717, 1.165) is 18.5 Å². The minimum absolute atomic E-state index is 0.0765. The van der Waals surface area contributed by atoms with Crippen molar-refractivity contribution in [3.05, 3.63) is 34.9 Å². The summed E-state index contributed by atoms with van der Waals surface area (Å²) in [6, 6.07) is 7.93. The average Bonchev–Trinajstić information content (AvgIpc) is 2.85. The van der Waals surface area contributed by atoms with Crippen molar-refractivity contribution < 1.29 is 9.53 Å². The summed E-state index contributed by atoms with van der Waals surface area (Å²) < 4.78 is 5.33. The van der Waals surface area contributed by atoms with E-state index in [1.807, 2.05) is 29.2 Å². The van der Waals surface area contributed by atoms with Crippen LogP contribution in [0.15, 0.2) is 24.3 Å². The number of methoxy groups -OCH3 is 1. The molecule has 0 saturated carbocycles. The first-order valence-electron chi connectivity index (χ1n) is 6.84. The number of hydrogen-bond acceptors (Lipinski definition) is 3. The molecule has 1 amide bonds. The fraction of sp³-hybridized carbons (Fsp3) is 0.533. The van der Waals surface area contributed by atoms with Crippen molar-refractivity contribution >= 4 is 17.5 Å². The fourth-order valence-corrected chi connectivity index (χ4v) is 2.74. The zero-order valence-electron chi connectivity index (χ0n) is 11.9. The molecule has 1 heterocycles. The number of benzene rings is 1. The highest BCUT2D eigenvalue weighted by Gasteiger charge is 2.26. The molecular weight excluding hydrogens is 276 g/mol. The third-order valence-corrected chi connectivity index (χ3v) is 3.90. The van der Waals surface area contributed by atoms with Gasteiger partial charge in [0.05, 0.1) is 6.10 Å². The monoisotopic (exact) mass is 296 g/mol. The van der Waals surface area contributed by atoms with Crippen molar-refractivity contribution in [2.75, 3.05) is 20.2 Å². The maximum Gasteiger partial charge on any atom is 0.219 e. The van der Waals surface area contributed by atoms with Crippen LogP contribution in [0.5, 0.6) is 0 Å². The highest BCUT2D eigenvalue weighted by atomic mass is 35.5. The van der Waals surface area contributed by atoms with Crippen LogP contribution in [0.25, 0.3) is 0 Å². The van der Waals surface area contributed by atoms with Gasteiger partial charge in [-0.05, 0) is 24.1 Å². The highest BCUT2D eigenvalue weighted by Crippen LogP contribution is 2.15. The summed E-state index contributed by atoms with van der Waals surface area (Å²) in [5.74, 6) is 0.0765. The van der Waals surface area contributed by atoms with Crippen molar-refractivity contribution in [1.82, 2.24) is 10.2 Å². The number of ether oxygens (including phenoxy) is 1. The van der Waals surface area contributed by atoms with Gasteiger partial charge in [0.25, 0.3) is 0 Å². The summed E-state index contributed by atoms with van der Waals surface area (Å²) >= 11 is 5.98. The number of halogens is 1.